The molecular formula is C25H33N3O4. The normalized spacial score (nSPS) is 21.0. The van der Waals surface area contributed by atoms with Crippen molar-refractivity contribution in [2.75, 3.05) is 6.54 Å². The van der Waals surface area contributed by atoms with E-state index in [0.29, 0.717) is 25.3 Å². The quantitative estimate of drug-likeness (QED) is 0.643. The second kappa shape index (κ2) is 10.2. The van der Waals surface area contributed by atoms with Crippen molar-refractivity contribution in [3.63, 3.8) is 0 Å². The first-order valence-corrected chi connectivity index (χ1v) is 11.9. The van der Waals surface area contributed by atoms with Crippen LogP contribution < -0.4 is 10.6 Å². The maximum absolute atomic E-state index is 13.1. The summed E-state index contributed by atoms with van der Waals surface area (Å²) in [6.45, 7) is 1.51. The van der Waals surface area contributed by atoms with Gasteiger partial charge < -0.3 is 20.3 Å². The lowest BCUT2D eigenvalue weighted by Gasteiger charge is -2.29. The highest BCUT2D eigenvalue weighted by molar-refractivity contribution is 5.91. The lowest BCUT2D eigenvalue weighted by atomic mass is 9.78. The van der Waals surface area contributed by atoms with Crippen LogP contribution in [0, 0.1) is 11.8 Å². The van der Waals surface area contributed by atoms with Crippen molar-refractivity contribution < 1.29 is 19.5 Å². The van der Waals surface area contributed by atoms with Gasteiger partial charge in [0.1, 0.15) is 6.04 Å². The van der Waals surface area contributed by atoms with Gasteiger partial charge in [-0.05, 0) is 43.2 Å². The van der Waals surface area contributed by atoms with Crippen molar-refractivity contribution in [1.29, 1.82) is 0 Å². The van der Waals surface area contributed by atoms with Crippen LogP contribution >= 0.6 is 0 Å². The predicted molar refractivity (Wildman–Crippen MR) is 122 cm³/mol. The minimum absolute atomic E-state index is 0.198. The fourth-order valence-corrected chi connectivity index (χ4v) is 4.93. The van der Waals surface area contributed by atoms with Gasteiger partial charge in [0.05, 0.1) is 6.42 Å². The largest absolute Gasteiger partial charge is 0.481 e. The fourth-order valence-electron chi connectivity index (χ4n) is 4.93. The second-order valence-corrected chi connectivity index (χ2v) is 9.31. The Hall–Kier alpha value is -2.83. The molecule has 7 nitrogen and oxygen atoms in total. The van der Waals surface area contributed by atoms with Crippen molar-refractivity contribution >= 4 is 28.7 Å². The summed E-state index contributed by atoms with van der Waals surface area (Å²) in [6.07, 6.45) is 9.05. The highest BCUT2D eigenvalue weighted by Crippen LogP contribution is 2.33. The number of carboxylic acid groups (broad SMARTS) is 1. The van der Waals surface area contributed by atoms with Crippen LogP contribution in [0.3, 0.4) is 0 Å². The van der Waals surface area contributed by atoms with Crippen molar-refractivity contribution in [3.8, 4) is 0 Å². The molecule has 0 spiro atoms. The standard InChI is InChI=1S/C25H33N3O4/c29-23(30)15-18(13-17-7-6-8-17)24(31)27-21-14-19-16-28(22-10-3-2-9-20(19)22)12-5-1-4-11-26-25(21)32/h2-3,9-10,16-18,21H,1,4-8,11-15H2,(H,26,32)(H,27,31)(H,29,30)/t18-,21?/m1/s1. The molecule has 0 saturated heterocycles. The Morgan fingerprint density at radius 1 is 1.16 bits per heavy atom. The van der Waals surface area contributed by atoms with Crippen LogP contribution in [-0.2, 0) is 27.3 Å². The van der Waals surface area contributed by atoms with E-state index in [9.17, 15) is 19.5 Å². The molecule has 1 aliphatic heterocycles. The van der Waals surface area contributed by atoms with E-state index < -0.39 is 17.9 Å². The summed E-state index contributed by atoms with van der Waals surface area (Å²) in [5, 5.41) is 16.3. The highest BCUT2D eigenvalue weighted by atomic mass is 16.4. The van der Waals surface area contributed by atoms with Crippen molar-refractivity contribution in [2.45, 2.75) is 70.4 Å². The van der Waals surface area contributed by atoms with E-state index in [1.807, 2.05) is 12.1 Å². The number of benzene rings is 1. The number of carbonyl (C=O) groups excluding carboxylic acids is 2. The zero-order chi connectivity index (χ0) is 22.5. The molecule has 1 aromatic heterocycles. The molecule has 2 heterocycles. The third kappa shape index (κ3) is 5.31. The van der Waals surface area contributed by atoms with Crippen LogP contribution in [0.4, 0.5) is 0 Å². The SMILES string of the molecule is O=C(O)C[C@@H](CC1CCC1)C(=O)NC1Cc2cn(c3ccccc23)CCCCCNC1=O. The summed E-state index contributed by atoms with van der Waals surface area (Å²) in [7, 11) is 0. The van der Waals surface area contributed by atoms with Crippen molar-refractivity contribution in [2.24, 2.45) is 11.8 Å². The first-order valence-electron chi connectivity index (χ1n) is 11.9. The molecule has 2 aromatic rings. The van der Waals surface area contributed by atoms with Crippen LogP contribution in [0.25, 0.3) is 10.9 Å². The summed E-state index contributed by atoms with van der Waals surface area (Å²) in [5.41, 5.74) is 2.16. The lowest BCUT2D eigenvalue weighted by molar-refractivity contribution is -0.142. The molecule has 2 bridgehead atoms. The number of hydrogen-bond acceptors (Lipinski definition) is 3. The third-order valence-electron chi connectivity index (χ3n) is 6.94. The lowest BCUT2D eigenvalue weighted by Crippen LogP contribution is -2.50. The van der Waals surface area contributed by atoms with Gasteiger partial charge in [0.2, 0.25) is 11.8 Å². The molecule has 1 unspecified atom stereocenters. The summed E-state index contributed by atoms with van der Waals surface area (Å²) in [6, 6.07) is 7.43. The molecule has 32 heavy (non-hydrogen) atoms. The first kappa shape index (κ1) is 22.4. The number of carboxylic acids is 1. The van der Waals surface area contributed by atoms with Crippen LogP contribution in [0.2, 0.25) is 0 Å². The summed E-state index contributed by atoms with van der Waals surface area (Å²) >= 11 is 0. The molecule has 2 atom stereocenters. The van der Waals surface area contributed by atoms with Gasteiger partial charge in [-0.2, -0.15) is 0 Å². The Kier molecular flexibility index (Phi) is 7.12. The summed E-state index contributed by atoms with van der Waals surface area (Å²) in [5.74, 6) is -1.69. The van der Waals surface area contributed by atoms with E-state index in [0.717, 1.165) is 61.5 Å². The van der Waals surface area contributed by atoms with Crippen LogP contribution in [0.1, 0.15) is 56.9 Å². The van der Waals surface area contributed by atoms with Gasteiger partial charge in [0, 0.05) is 42.5 Å². The van der Waals surface area contributed by atoms with Gasteiger partial charge in [-0.1, -0.05) is 37.5 Å². The second-order valence-electron chi connectivity index (χ2n) is 9.31. The number of aliphatic carboxylic acids is 1. The number of aromatic nitrogens is 1. The number of nitrogens with zero attached hydrogens (tertiary/aromatic N) is 1. The minimum Gasteiger partial charge on any atom is -0.481 e. The minimum atomic E-state index is -0.976. The number of hydrogen-bond donors (Lipinski definition) is 3. The van der Waals surface area contributed by atoms with Gasteiger partial charge >= 0.3 is 5.97 Å². The van der Waals surface area contributed by atoms with Gasteiger partial charge in [-0.3, -0.25) is 14.4 Å². The average Bonchev–Trinajstić information content (AvgIpc) is 3.08. The number of aryl methyl sites for hydroxylation is 1. The average molecular weight is 440 g/mol. The zero-order valence-electron chi connectivity index (χ0n) is 18.5. The molecule has 1 saturated carbocycles. The molecule has 0 radical (unpaired) electrons. The zero-order valence-corrected chi connectivity index (χ0v) is 18.5. The fraction of sp³-hybridized carbons (Fsp3) is 0.560. The summed E-state index contributed by atoms with van der Waals surface area (Å²) in [4.78, 5) is 37.5. The maximum Gasteiger partial charge on any atom is 0.304 e. The summed E-state index contributed by atoms with van der Waals surface area (Å²) < 4.78 is 2.24. The molecule has 4 rings (SSSR count). The number of amides is 2. The van der Waals surface area contributed by atoms with Crippen LogP contribution in [0.15, 0.2) is 30.5 Å². The van der Waals surface area contributed by atoms with E-state index in [-0.39, 0.29) is 18.2 Å². The van der Waals surface area contributed by atoms with E-state index in [1.54, 1.807) is 0 Å². The Morgan fingerprint density at radius 2 is 1.97 bits per heavy atom. The number of rotatable bonds is 6. The molecule has 1 aromatic carbocycles. The Bertz CT molecular complexity index is 979. The van der Waals surface area contributed by atoms with Crippen molar-refractivity contribution in [1.82, 2.24) is 15.2 Å². The Balaban J connectivity index is 1.57. The van der Waals surface area contributed by atoms with Gasteiger partial charge in [-0.25, -0.2) is 0 Å². The van der Waals surface area contributed by atoms with Crippen LogP contribution in [-0.4, -0.2) is 40.0 Å². The van der Waals surface area contributed by atoms with E-state index >= 15 is 0 Å². The van der Waals surface area contributed by atoms with E-state index in [2.05, 4.69) is 33.5 Å². The van der Waals surface area contributed by atoms with Gasteiger partial charge in [0.25, 0.3) is 0 Å². The molecule has 172 valence electrons. The monoisotopic (exact) mass is 439 g/mol. The number of fused-ring (bicyclic) bond motifs is 5. The molecule has 3 N–H and O–H groups in total. The number of para-hydroxylation sites is 1. The molecule has 1 fully saturated rings. The van der Waals surface area contributed by atoms with E-state index in [1.165, 1.54) is 0 Å². The number of nitrogens with one attached hydrogen (secondary N) is 2. The number of carbonyl (C=O) groups is 3. The first-order chi connectivity index (χ1) is 15.5. The topological polar surface area (TPSA) is 100 Å². The smallest absolute Gasteiger partial charge is 0.304 e. The molecular weight excluding hydrogens is 406 g/mol. The van der Waals surface area contributed by atoms with Crippen molar-refractivity contribution in [3.05, 3.63) is 36.0 Å². The molecule has 7 heteroatoms. The molecule has 2 aliphatic rings. The Morgan fingerprint density at radius 3 is 2.72 bits per heavy atom. The third-order valence-corrected chi connectivity index (χ3v) is 6.94. The Labute approximate surface area is 188 Å². The van der Waals surface area contributed by atoms with E-state index in [4.69, 9.17) is 0 Å². The van der Waals surface area contributed by atoms with Gasteiger partial charge in [-0.15, -0.1) is 0 Å². The molecule has 1 aliphatic carbocycles. The molecule has 2 amide bonds. The van der Waals surface area contributed by atoms with Gasteiger partial charge in [0.15, 0.2) is 0 Å². The predicted octanol–water partition coefficient (Wildman–Crippen LogP) is 3.25. The highest BCUT2D eigenvalue weighted by Gasteiger charge is 2.31. The maximum atomic E-state index is 13.1. The van der Waals surface area contributed by atoms with Crippen LogP contribution in [0.5, 0.6) is 0 Å².